The van der Waals surface area contributed by atoms with E-state index < -0.39 is 0 Å². The van der Waals surface area contributed by atoms with Gasteiger partial charge in [0.15, 0.2) is 0 Å². The number of thioether (sulfide) groups is 1. The minimum Gasteiger partial charge on any atom is -0.389 e. The van der Waals surface area contributed by atoms with Crippen LogP contribution in [0, 0.1) is 0 Å². The molecule has 0 saturated carbocycles. The molecule has 2 nitrogen and oxygen atoms in total. The molecule has 0 aliphatic heterocycles. The number of hydrogen-bond donors (Lipinski definition) is 2. The Morgan fingerprint density at radius 1 is 1.25 bits per heavy atom. The predicted molar refractivity (Wildman–Crippen MR) is 93.2 cm³/mol. The van der Waals surface area contributed by atoms with E-state index in [1.54, 1.807) is 11.8 Å². The summed E-state index contributed by atoms with van der Waals surface area (Å²) in [7, 11) is 0. The maximum absolute atomic E-state index is 5.88. The zero-order valence-corrected chi connectivity index (χ0v) is 13.3. The monoisotopic (exact) mass is 302 g/mol. The van der Waals surface area contributed by atoms with E-state index in [0.29, 0.717) is 4.99 Å². The second-order valence-corrected chi connectivity index (χ2v) is 5.71. The molecule has 0 heterocycles. The van der Waals surface area contributed by atoms with E-state index in [4.69, 9.17) is 18.0 Å². The summed E-state index contributed by atoms with van der Waals surface area (Å²) in [5, 5.41) is 3.42. The molecule has 4 heteroatoms. The highest BCUT2D eigenvalue weighted by Gasteiger charge is 2.10. The predicted octanol–water partition coefficient (Wildman–Crippen LogP) is 4.35. The Labute approximate surface area is 129 Å². The van der Waals surface area contributed by atoms with Crippen LogP contribution in [-0.4, -0.2) is 11.2 Å². The fraction of sp³-hybridized carbons (Fsp3) is 0.188. The molecule has 3 N–H and O–H groups in total. The molecule has 0 aliphatic rings. The molecule has 0 aromatic heterocycles. The number of hydrogen-bond acceptors (Lipinski definition) is 3. The van der Waals surface area contributed by atoms with Gasteiger partial charge in [-0.3, -0.25) is 0 Å². The number of thiocarbonyl (C=S) groups is 1. The summed E-state index contributed by atoms with van der Waals surface area (Å²) in [5.41, 5.74) is 10.1. The average Bonchev–Trinajstić information content (AvgIpc) is 2.46. The van der Waals surface area contributed by atoms with Gasteiger partial charge in [-0.25, -0.2) is 0 Å². The molecule has 0 amide bonds. The lowest BCUT2D eigenvalue weighted by molar-refractivity contribution is 1.14. The maximum atomic E-state index is 5.88. The van der Waals surface area contributed by atoms with Crippen LogP contribution in [-0.2, 0) is 6.42 Å². The van der Waals surface area contributed by atoms with Crippen LogP contribution in [0.2, 0.25) is 0 Å². The first-order chi connectivity index (χ1) is 9.65. The van der Waals surface area contributed by atoms with E-state index in [9.17, 15) is 0 Å². The molecule has 0 saturated heterocycles. The number of aryl methyl sites for hydroxylation is 1. The summed E-state index contributed by atoms with van der Waals surface area (Å²) in [5.74, 6) is 0. The number of anilines is 2. The first kappa shape index (κ1) is 14.9. The zero-order valence-electron chi connectivity index (χ0n) is 11.6. The highest BCUT2D eigenvalue weighted by atomic mass is 32.2. The third-order valence-electron chi connectivity index (χ3n) is 3.11. The molecule has 0 aliphatic carbocycles. The summed E-state index contributed by atoms with van der Waals surface area (Å²) < 4.78 is 0. The van der Waals surface area contributed by atoms with Crippen molar-refractivity contribution in [1.82, 2.24) is 0 Å². The van der Waals surface area contributed by atoms with Crippen molar-refractivity contribution in [2.45, 2.75) is 18.2 Å². The van der Waals surface area contributed by atoms with E-state index in [1.165, 1.54) is 5.56 Å². The average molecular weight is 302 g/mol. The molecule has 2 aromatic rings. The van der Waals surface area contributed by atoms with Crippen LogP contribution < -0.4 is 11.1 Å². The van der Waals surface area contributed by atoms with Crippen molar-refractivity contribution >= 4 is 40.3 Å². The van der Waals surface area contributed by atoms with Crippen molar-refractivity contribution in [3.05, 3.63) is 53.6 Å². The fourth-order valence-corrected chi connectivity index (χ4v) is 3.01. The molecular weight excluding hydrogens is 284 g/mol. The van der Waals surface area contributed by atoms with E-state index in [0.717, 1.165) is 28.3 Å². The van der Waals surface area contributed by atoms with Gasteiger partial charge in [-0.1, -0.05) is 37.3 Å². The van der Waals surface area contributed by atoms with E-state index >= 15 is 0 Å². The number of nitrogens with one attached hydrogen (secondary N) is 1. The molecule has 0 radical (unpaired) electrons. The largest absolute Gasteiger partial charge is 0.389 e. The molecule has 2 rings (SSSR count). The summed E-state index contributed by atoms with van der Waals surface area (Å²) in [6.07, 6.45) is 3.04. The van der Waals surface area contributed by atoms with Gasteiger partial charge in [-0.05, 0) is 42.5 Å². The number of nitrogens with two attached hydrogens (primary N) is 1. The normalized spacial score (nSPS) is 10.3. The fourth-order valence-electron chi connectivity index (χ4n) is 2.08. The van der Waals surface area contributed by atoms with Crippen LogP contribution in [0.4, 0.5) is 11.4 Å². The minimum absolute atomic E-state index is 0.420. The molecule has 0 unspecified atom stereocenters. The molecule has 0 atom stereocenters. The Balaban J connectivity index is 2.40. The second kappa shape index (κ2) is 6.77. The van der Waals surface area contributed by atoms with Crippen LogP contribution >= 0.6 is 24.0 Å². The Bertz CT molecular complexity index is 624. The van der Waals surface area contributed by atoms with Gasteiger partial charge < -0.3 is 11.1 Å². The topological polar surface area (TPSA) is 38.0 Å². The van der Waals surface area contributed by atoms with Gasteiger partial charge in [0.2, 0.25) is 0 Å². The number of benzene rings is 2. The first-order valence-electron chi connectivity index (χ1n) is 6.48. The van der Waals surface area contributed by atoms with E-state index in [2.05, 4.69) is 30.4 Å². The quantitative estimate of drug-likeness (QED) is 0.636. The van der Waals surface area contributed by atoms with Crippen molar-refractivity contribution in [3.8, 4) is 0 Å². The van der Waals surface area contributed by atoms with Gasteiger partial charge in [0, 0.05) is 21.8 Å². The minimum atomic E-state index is 0.420. The Morgan fingerprint density at radius 3 is 2.65 bits per heavy atom. The van der Waals surface area contributed by atoms with Gasteiger partial charge in [0.25, 0.3) is 0 Å². The van der Waals surface area contributed by atoms with Gasteiger partial charge in [-0.15, -0.1) is 11.8 Å². The van der Waals surface area contributed by atoms with Gasteiger partial charge in [0.1, 0.15) is 4.99 Å². The molecule has 2 aromatic carbocycles. The Morgan fingerprint density at radius 2 is 2.00 bits per heavy atom. The summed E-state index contributed by atoms with van der Waals surface area (Å²) in [6.45, 7) is 2.15. The molecule has 20 heavy (non-hydrogen) atoms. The summed E-state index contributed by atoms with van der Waals surface area (Å²) in [4.78, 5) is 1.51. The lowest BCUT2D eigenvalue weighted by atomic mass is 10.1. The van der Waals surface area contributed by atoms with Gasteiger partial charge in [-0.2, -0.15) is 0 Å². The zero-order chi connectivity index (χ0) is 14.5. The van der Waals surface area contributed by atoms with Crippen molar-refractivity contribution in [2.75, 3.05) is 11.6 Å². The Hall–Kier alpha value is -1.52. The van der Waals surface area contributed by atoms with Gasteiger partial charge >= 0.3 is 0 Å². The number of rotatable bonds is 5. The lowest BCUT2D eigenvalue weighted by Gasteiger charge is -2.14. The van der Waals surface area contributed by atoms with E-state index in [1.807, 2.05) is 30.5 Å². The van der Waals surface area contributed by atoms with E-state index in [-0.39, 0.29) is 0 Å². The third kappa shape index (κ3) is 3.32. The van der Waals surface area contributed by atoms with Crippen molar-refractivity contribution in [3.63, 3.8) is 0 Å². The van der Waals surface area contributed by atoms with Crippen LogP contribution in [0.15, 0.2) is 47.4 Å². The molecule has 0 spiro atoms. The summed E-state index contributed by atoms with van der Waals surface area (Å²) >= 11 is 6.84. The van der Waals surface area contributed by atoms with Crippen LogP contribution in [0.1, 0.15) is 18.1 Å². The standard InChI is InChI=1S/C16H18N2S2/c1-3-11-6-4-7-12(10-11)18-13-8-5-9-14(20-2)15(13)16(17)19/h4-10,18H,3H2,1-2H3,(H2,17,19). The molecule has 104 valence electrons. The van der Waals surface area contributed by atoms with Gasteiger partial charge in [0.05, 0.1) is 0 Å². The molecule has 0 fully saturated rings. The third-order valence-corrected chi connectivity index (χ3v) is 4.09. The maximum Gasteiger partial charge on any atom is 0.107 e. The van der Waals surface area contributed by atoms with Crippen molar-refractivity contribution < 1.29 is 0 Å². The van der Waals surface area contributed by atoms with Crippen molar-refractivity contribution in [1.29, 1.82) is 0 Å². The van der Waals surface area contributed by atoms with Crippen LogP contribution in [0.3, 0.4) is 0 Å². The lowest BCUT2D eigenvalue weighted by Crippen LogP contribution is -2.13. The SMILES string of the molecule is CCc1cccc(Nc2cccc(SC)c2C(N)=S)c1. The van der Waals surface area contributed by atoms with Crippen LogP contribution in [0.25, 0.3) is 0 Å². The molecular formula is C16H18N2S2. The Kier molecular flexibility index (Phi) is 5.04. The summed E-state index contributed by atoms with van der Waals surface area (Å²) in [6, 6.07) is 14.4. The molecule has 0 bridgehead atoms. The van der Waals surface area contributed by atoms with Crippen molar-refractivity contribution in [2.24, 2.45) is 5.73 Å². The highest BCUT2D eigenvalue weighted by molar-refractivity contribution is 7.98. The highest BCUT2D eigenvalue weighted by Crippen LogP contribution is 2.29. The first-order valence-corrected chi connectivity index (χ1v) is 8.11. The second-order valence-electron chi connectivity index (χ2n) is 4.43. The van der Waals surface area contributed by atoms with Crippen LogP contribution in [0.5, 0.6) is 0 Å². The smallest absolute Gasteiger partial charge is 0.107 e.